The molecule has 1 fully saturated rings. The van der Waals surface area contributed by atoms with Crippen LogP contribution in [0.5, 0.6) is 0 Å². The second-order valence-corrected chi connectivity index (χ2v) is 13.5. The lowest BCUT2D eigenvalue weighted by Crippen LogP contribution is -2.42. The van der Waals surface area contributed by atoms with Crippen molar-refractivity contribution in [3.05, 3.63) is 100 Å². The van der Waals surface area contributed by atoms with Crippen LogP contribution in [0.3, 0.4) is 0 Å². The van der Waals surface area contributed by atoms with Crippen LogP contribution in [0.2, 0.25) is 0 Å². The highest BCUT2D eigenvalue weighted by Crippen LogP contribution is 2.41. The number of sulfonamides is 1. The van der Waals surface area contributed by atoms with Crippen molar-refractivity contribution in [2.24, 2.45) is 0 Å². The second kappa shape index (κ2) is 12.1. The lowest BCUT2D eigenvalue weighted by molar-refractivity contribution is -0.118. The molecule has 11 heteroatoms. The molecule has 1 saturated carbocycles. The van der Waals surface area contributed by atoms with E-state index in [1.807, 2.05) is 24.4 Å². The molecule has 3 aromatic carbocycles. The van der Waals surface area contributed by atoms with E-state index in [0.29, 0.717) is 39.7 Å². The van der Waals surface area contributed by atoms with Crippen LogP contribution in [-0.4, -0.2) is 49.3 Å². The molecule has 4 aromatic rings. The summed E-state index contributed by atoms with van der Waals surface area (Å²) in [7, 11) is -2.41. The van der Waals surface area contributed by atoms with Crippen molar-refractivity contribution >= 4 is 48.7 Å². The predicted octanol–water partition coefficient (Wildman–Crippen LogP) is 5.97. The van der Waals surface area contributed by atoms with Crippen molar-refractivity contribution in [1.29, 1.82) is 0 Å². The van der Waals surface area contributed by atoms with Gasteiger partial charge in [-0.1, -0.05) is 55.8 Å². The van der Waals surface area contributed by atoms with Crippen molar-refractivity contribution < 1.29 is 22.4 Å². The molecule has 1 aliphatic carbocycles. The molecular formula is C33H33BrN4O5S. The van der Waals surface area contributed by atoms with Gasteiger partial charge in [0, 0.05) is 36.8 Å². The summed E-state index contributed by atoms with van der Waals surface area (Å²) in [6.07, 6.45) is 6.33. The number of nitrogens with zero attached hydrogens (tertiary/aromatic N) is 2. The van der Waals surface area contributed by atoms with Gasteiger partial charge in [0.05, 0.1) is 14.9 Å². The third kappa shape index (κ3) is 5.73. The van der Waals surface area contributed by atoms with Gasteiger partial charge >= 0.3 is 0 Å². The Balaban J connectivity index is 1.31. The molecule has 1 aromatic heterocycles. The first-order valence-corrected chi connectivity index (χ1v) is 16.9. The normalized spacial score (nSPS) is 16.7. The molecule has 0 saturated heterocycles. The maximum absolute atomic E-state index is 13.3. The number of furan rings is 1. The Kier molecular flexibility index (Phi) is 8.26. The molecule has 2 heterocycles. The third-order valence-corrected chi connectivity index (χ3v) is 10.1. The fraction of sp³-hybridized carbons (Fsp3) is 0.273. The SMILES string of the molecule is CCCC1N(Cc2ccc3oc(-c4ccccc4C(=O)NS(=O)(=O)c4ccccc4)c(Br)c3c2)C(C(=O)NC)=CN1C1CC1. The minimum absolute atomic E-state index is 0.00266. The van der Waals surface area contributed by atoms with E-state index in [1.165, 1.54) is 12.1 Å². The van der Waals surface area contributed by atoms with E-state index in [2.05, 4.69) is 42.7 Å². The van der Waals surface area contributed by atoms with Crippen molar-refractivity contribution in [2.75, 3.05) is 7.05 Å². The summed E-state index contributed by atoms with van der Waals surface area (Å²) in [6, 6.07) is 20.9. The standard InChI is InChI=1S/C33H33BrN4O5S/c1-3-9-29-37(22-15-16-22)20-27(33(40)35-2)38(29)19-21-14-17-28-26(18-21)30(34)31(43-28)24-12-7-8-13-25(24)32(39)36-44(41,42)23-10-5-4-6-11-23/h4-8,10-14,17-18,20,22,29H,3,9,15-16,19H2,1-2H3,(H,35,40)(H,36,39). The molecule has 9 nitrogen and oxygen atoms in total. The fourth-order valence-electron chi connectivity index (χ4n) is 5.71. The number of amides is 2. The van der Waals surface area contributed by atoms with Gasteiger partial charge in [0.15, 0.2) is 0 Å². The molecule has 0 radical (unpaired) electrons. The maximum Gasteiger partial charge on any atom is 0.268 e. The Morgan fingerprint density at radius 3 is 2.43 bits per heavy atom. The minimum Gasteiger partial charge on any atom is -0.455 e. The Bertz CT molecular complexity index is 1870. The van der Waals surface area contributed by atoms with Gasteiger partial charge in [-0.25, -0.2) is 13.1 Å². The molecule has 2 N–H and O–H groups in total. The molecule has 228 valence electrons. The summed E-state index contributed by atoms with van der Waals surface area (Å²) in [5.74, 6) is -0.454. The van der Waals surface area contributed by atoms with Crippen LogP contribution in [0, 0.1) is 0 Å². The largest absolute Gasteiger partial charge is 0.455 e. The van der Waals surface area contributed by atoms with E-state index in [4.69, 9.17) is 4.42 Å². The number of benzene rings is 3. The smallest absolute Gasteiger partial charge is 0.268 e. The van der Waals surface area contributed by atoms with Gasteiger partial charge in [-0.3, -0.25) is 9.59 Å². The summed E-state index contributed by atoms with van der Waals surface area (Å²) in [5, 5.41) is 3.60. The van der Waals surface area contributed by atoms with Gasteiger partial charge in [0.2, 0.25) is 0 Å². The number of carbonyl (C=O) groups is 2. The van der Waals surface area contributed by atoms with Crippen LogP contribution in [0.25, 0.3) is 22.3 Å². The van der Waals surface area contributed by atoms with E-state index in [0.717, 1.165) is 36.6 Å². The van der Waals surface area contributed by atoms with Crippen molar-refractivity contribution in [2.45, 2.75) is 56.3 Å². The Labute approximate surface area is 265 Å². The topological polar surface area (TPSA) is 112 Å². The highest BCUT2D eigenvalue weighted by atomic mass is 79.9. The quantitative estimate of drug-likeness (QED) is 0.213. The Morgan fingerprint density at radius 1 is 1.00 bits per heavy atom. The number of rotatable bonds is 10. The lowest BCUT2D eigenvalue weighted by atomic mass is 10.0. The van der Waals surface area contributed by atoms with Gasteiger partial charge in [-0.2, -0.15) is 0 Å². The second-order valence-electron chi connectivity index (χ2n) is 11.0. The number of halogens is 1. The van der Waals surface area contributed by atoms with Gasteiger partial charge in [0.25, 0.3) is 21.8 Å². The van der Waals surface area contributed by atoms with E-state index in [1.54, 1.807) is 49.5 Å². The highest BCUT2D eigenvalue weighted by molar-refractivity contribution is 9.10. The molecule has 1 unspecified atom stereocenters. The molecule has 6 rings (SSSR count). The molecule has 0 spiro atoms. The number of carbonyl (C=O) groups excluding carboxylic acids is 2. The maximum atomic E-state index is 13.3. The van der Waals surface area contributed by atoms with Crippen LogP contribution in [0.15, 0.2) is 98.5 Å². The van der Waals surface area contributed by atoms with Crippen molar-refractivity contribution in [1.82, 2.24) is 19.8 Å². The van der Waals surface area contributed by atoms with E-state index in [-0.39, 0.29) is 22.5 Å². The molecular weight excluding hydrogens is 644 g/mol. The predicted molar refractivity (Wildman–Crippen MR) is 172 cm³/mol. The number of hydrogen-bond acceptors (Lipinski definition) is 7. The van der Waals surface area contributed by atoms with E-state index < -0.39 is 15.9 Å². The van der Waals surface area contributed by atoms with Crippen LogP contribution in [0.1, 0.15) is 48.5 Å². The van der Waals surface area contributed by atoms with Gasteiger partial charge in [0.1, 0.15) is 23.2 Å². The monoisotopic (exact) mass is 676 g/mol. The molecule has 2 amide bonds. The van der Waals surface area contributed by atoms with Crippen molar-refractivity contribution in [3.8, 4) is 11.3 Å². The molecule has 0 bridgehead atoms. The first kappa shape index (κ1) is 30.0. The highest BCUT2D eigenvalue weighted by Gasteiger charge is 2.41. The summed E-state index contributed by atoms with van der Waals surface area (Å²) in [5.41, 5.74) is 2.88. The summed E-state index contributed by atoms with van der Waals surface area (Å²) < 4.78 is 34.8. The minimum atomic E-state index is -4.07. The third-order valence-electron chi connectivity index (χ3n) is 8.00. The zero-order valence-electron chi connectivity index (χ0n) is 24.4. The van der Waals surface area contributed by atoms with Crippen LogP contribution >= 0.6 is 15.9 Å². The number of likely N-dealkylation sites (N-methyl/N-ethyl adjacent to an activating group) is 1. The molecule has 44 heavy (non-hydrogen) atoms. The number of nitrogens with one attached hydrogen (secondary N) is 2. The average Bonchev–Trinajstić information content (AvgIpc) is 3.75. The van der Waals surface area contributed by atoms with Crippen LogP contribution in [0.4, 0.5) is 0 Å². The van der Waals surface area contributed by atoms with Gasteiger partial charge in [-0.15, -0.1) is 0 Å². The summed E-state index contributed by atoms with van der Waals surface area (Å²) in [6.45, 7) is 2.69. The van der Waals surface area contributed by atoms with Crippen LogP contribution < -0.4 is 10.0 Å². The fourth-order valence-corrected chi connectivity index (χ4v) is 7.30. The molecule has 2 aliphatic rings. The molecule has 1 atom stereocenters. The first-order chi connectivity index (χ1) is 21.2. The zero-order valence-corrected chi connectivity index (χ0v) is 26.8. The van der Waals surface area contributed by atoms with Gasteiger partial charge in [-0.05, 0) is 71.1 Å². The lowest BCUT2D eigenvalue weighted by Gasteiger charge is -2.34. The first-order valence-electron chi connectivity index (χ1n) is 14.6. The van der Waals surface area contributed by atoms with E-state index in [9.17, 15) is 18.0 Å². The Hall–Kier alpha value is -4.09. The number of hydrogen-bond donors (Lipinski definition) is 2. The zero-order chi connectivity index (χ0) is 31.0. The van der Waals surface area contributed by atoms with Gasteiger partial charge < -0.3 is 19.5 Å². The van der Waals surface area contributed by atoms with Crippen LogP contribution in [-0.2, 0) is 21.4 Å². The van der Waals surface area contributed by atoms with E-state index >= 15 is 0 Å². The Morgan fingerprint density at radius 2 is 1.73 bits per heavy atom. The summed E-state index contributed by atoms with van der Waals surface area (Å²) in [4.78, 5) is 30.7. The summed E-state index contributed by atoms with van der Waals surface area (Å²) >= 11 is 3.70. The number of fused-ring (bicyclic) bond motifs is 1. The average molecular weight is 678 g/mol. The molecule has 1 aliphatic heterocycles. The van der Waals surface area contributed by atoms with Crippen molar-refractivity contribution in [3.63, 3.8) is 0 Å².